The topological polar surface area (TPSA) is 105 Å². The van der Waals surface area contributed by atoms with E-state index in [0.717, 1.165) is 94.9 Å². The molecule has 24 rings (SSSR count). The van der Waals surface area contributed by atoms with Crippen LogP contribution in [0, 0.1) is 0 Å². The van der Waals surface area contributed by atoms with Crippen LogP contribution in [0.1, 0.15) is 0 Å². The number of rotatable bonds is 12. The maximum Gasteiger partial charge on any atom is 0.238 e. The predicted octanol–water partition coefficient (Wildman–Crippen LogP) is 28.8. The van der Waals surface area contributed by atoms with Crippen molar-refractivity contribution < 1.29 is 0 Å². The highest BCUT2D eigenvalue weighted by Crippen LogP contribution is 2.44. The minimum atomic E-state index is 0.609. The summed E-state index contributed by atoms with van der Waals surface area (Å²) in [5.74, 6) is 4.15. The normalized spacial score (nSPS) is 11.5. The molecule has 0 bridgehead atoms. The van der Waals surface area contributed by atoms with E-state index in [1.807, 2.05) is 72.8 Å². The molecule has 0 N–H and O–H groups in total. The Morgan fingerprint density at radius 3 is 0.850 bits per heavy atom. The van der Waals surface area contributed by atoms with E-state index in [0.29, 0.717) is 29.4 Å². The molecular formula is C107H68N10S3. The van der Waals surface area contributed by atoms with Crippen molar-refractivity contribution in [2.75, 3.05) is 0 Å². The fourth-order valence-corrected chi connectivity index (χ4v) is 19.5. The third kappa shape index (κ3) is 13.1. The van der Waals surface area contributed by atoms with Gasteiger partial charge in [-0.05, 0) is 126 Å². The van der Waals surface area contributed by atoms with Crippen molar-refractivity contribution >= 4 is 130 Å². The third-order valence-electron chi connectivity index (χ3n) is 22.4. The van der Waals surface area contributed by atoms with Gasteiger partial charge in [-0.25, -0.2) is 24.9 Å². The first kappa shape index (κ1) is 71.3. The predicted molar refractivity (Wildman–Crippen MR) is 502 cm³/mol. The first-order valence-corrected chi connectivity index (χ1v) is 42.5. The molecule has 10 nitrogen and oxygen atoms in total. The number of fused-ring (bicyclic) bond motifs is 15. The van der Waals surface area contributed by atoms with E-state index in [1.54, 1.807) is 34.0 Å². The van der Waals surface area contributed by atoms with Gasteiger partial charge in [0.2, 0.25) is 11.9 Å². The Bertz CT molecular complexity index is 7170. The van der Waals surface area contributed by atoms with E-state index in [4.69, 9.17) is 34.9 Å². The summed E-state index contributed by atoms with van der Waals surface area (Å²) < 4.78 is 10.6. The van der Waals surface area contributed by atoms with Crippen molar-refractivity contribution in [3.8, 4) is 119 Å². The summed E-state index contributed by atoms with van der Waals surface area (Å²) in [4.78, 5) is 35.7. The van der Waals surface area contributed by atoms with E-state index >= 15 is 0 Å². The van der Waals surface area contributed by atoms with Crippen molar-refractivity contribution in [1.82, 2.24) is 48.6 Å². The van der Waals surface area contributed by atoms with Crippen LogP contribution in [0.5, 0.6) is 0 Å². The van der Waals surface area contributed by atoms with Crippen molar-refractivity contribution in [1.29, 1.82) is 0 Å². The molecule has 0 atom stereocenters. The first-order chi connectivity index (χ1) is 59.5. The molecule has 0 radical (unpaired) electrons. The van der Waals surface area contributed by atoms with Gasteiger partial charge in [0.1, 0.15) is 5.82 Å². The quantitative estimate of drug-likeness (QED) is 0.120. The Labute approximate surface area is 702 Å². The summed E-state index contributed by atoms with van der Waals surface area (Å²) in [7, 11) is 0. The summed E-state index contributed by atoms with van der Waals surface area (Å²) in [6.45, 7) is 0. The second-order valence-corrected chi connectivity index (χ2v) is 32.3. The van der Waals surface area contributed by atoms with Gasteiger partial charge in [-0.1, -0.05) is 328 Å². The van der Waals surface area contributed by atoms with Gasteiger partial charge in [0.25, 0.3) is 0 Å². The molecule has 24 aromatic rings. The first-order valence-electron chi connectivity index (χ1n) is 39.9. The zero-order valence-corrected chi connectivity index (χ0v) is 66.9. The number of hydrogen-bond acceptors (Lipinski definition) is 10. The van der Waals surface area contributed by atoms with Gasteiger partial charge in [-0.15, -0.1) is 34.0 Å². The smallest absolute Gasteiger partial charge is 0.238 e. The summed E-state index contributed by atoms with van der Waals surface area (Å²) in [5, 5.41) is 17.7. The monoisotopic (exact) mass is 1590 g/mol. The van der Waals surface area contributed by atoms with E-state index < -0.39 is 0 Å². The Balaban J connectivity index is 0.000000108. The van der Waals surface area contributed by atoms with E-state index in [1.165, 1.54) is 90.4 Å². The molecule has 0 saturated carbocycles. The number of para-hydroxylation sites is 3. The van der Waals surface area contributed by atoms with Crippen LogP contribution in [-0.2, 0) is 0 Å². The van der Waals surface area contributed by atoms with Gasteiger partial charge in [0.05, 0.1) is 50.2 Å². The van der Waals surface area contributed by atoms with Gasteiger partial charge in [-0.3, -0.25) is 13.7 Å². The largest absolute Gasteiger partial charge is 0.294 e. The Morgan fingerprint density at radius 1 is 0.183 bits per heavy atom. The van der Waals surface area contributed by atoms with E-state index in [2.05, 4.69) is 351 Å². The standard InChI is InChI=1S/2C36H23N3S.C35H22N4S/c1-3-9-24(10-4-1)25-15-17-26(18-16-25)30-23-33(38-36(37-30)28-11-5-2-6-12-28)39-31-14-8-7-13-29(31)34-32(39)20-19-27-21-22-40-35(27)34;1-3-9-24(10-4-1)25-15-17-27(18-16-25)31-23-30(26-11-5-2-6-12-26)37-36(38-31)39-32-14-8-7-13-29(32)34-33(39)20-19-28-21-22-40-35(28)34;1-3-9-23(10-4-1)24-15-17-27(18-16-24)34-36-33(26-11-5-2-6-12-26)37-35(38-34)39-29-14-8-7-13-28(29)31-30(39)20-19-25-21-22-40-32(25)31/h2*1-23H;1-22H. The number of thiophene rings is 3. The second-order valence-electron chi connectivity index (χ2n) is 29.5. The van der Waals surface area contributed by atoms with E-state index in [-0.39, 0.29) is 0 Å². The second kappa shape index (κ2) is 30.7. The molecule has 0 unspecified atom stereocenters. The van der Waals surface area contributed by atoms with E-state index in [9.17, 15) is 0 Å². The molecule has 0 amide bonds. The summed E-state index contributed by atoms with van der Waals surface area (Å²) in [5.41, 5.74) is 22.6. The number of nitrogens with zero attached hydrogens (tertiary/aromatic N) is 10. The maximum atomic E-state index is 5.20. The molecule has 15 aromatic carbocycles. The highest BCUT2D eigenvalue weighted by Gasteiger charge is 2.24. The number of hydrogen-bond donors (Lipinski definition) is 0. The van der Waals surface area contributed by atoms with Crippen LogP contribution in [0.2, 0.25) is 0 Å². The van der Waals surface area contributed by atoms with Gasteiger partial charge in [0.15, 0.2) is 17.5 Å². The Morgan fingerprint density at radius 2 is 0.458 bits per heavy atom. The SMILES string of the molecule is c1ccc(-c2ccc(-c3cc(-c4ccccc4)nc(-n4c5ccccc5c5c6sccc6ccc54)n3)cc2)cc1.c1ccc(-c2ccc(-c3cc(-n4c5ccccc5c5c6sccc6ccc54)nc(-c4ccccc4)n3)cc2)cc1.c1ccc(-c2ccc(-c3nc(-c4ccccc4)nc(-n4c5ccccc5c5c6sccc6ccc54)n3)cc2)cc1. The maximum absolute atomic E-state index is 5.20. The van der Waals surface area contributed by atoms with Crippen LogP contribution in [0.3, 0.4) is 0 Å². The van der Waals surface area contributed by atoms with Crippen molar-refractivity contribution in [2.24, 2.45) is 0 Å². The summed E-state index contributed by atoms with van der Waals surface area (Å²) in [6, 6.07) is 138. The third-order valence-corrected chi connectivity index (χ3v) is 25.2. The minimum Gasteiger partial charge on any atom is -0.294 e. The fraction of sp³-hybridized carbons (Fsp3) is 0. The van der Waals surface area contributed by atoms with Crippen LogP contribution in [0.4, 0.5) is 0 Å². The molecular weight excluding hydrogens is 1520 g/mol. The lowest BCUT2D eigenvalue weighted by Crippen LogP contribution is -2.06. The lowest BCUT2D eigenvalue weighted by Gasteiger charge is -2.12. The van der Waals surface area contributed by atoms with Crippen LogP contribution < -0.4 is 0 Å². The fourth-order valence-electron chi connectivity index (χ4n) is 16.6. The molecule has 0 aliphatic carbocycles. The van der Waals surface area contributed by atoms with Crippen molar-refractivity contribution in [3.63, 3.8) is 0 Å². The molecule has 0 fully saturated rings. The van der Waals surface area contributed by atoms with Gasteiger partial charge in [-0.2, -0.15) is 9.97 Å². The summed E-state index contributed by atoms with van der Waals surface area (Å²) >= 11 is 5.35. The molecule has 0 spiro atoms. The molecule has 564 valence electrons. The number of aromatic nitrogens is 10. The average Bonchev–Trinajstić information content (AvgIpc) is 1.58. The Kier molecular flexibility index (Phi) is 18.3. The molecule has 13 heteroatoms. The molecule has 120 heavy (non-hydrogen) atoms. The number of benzene rings is 15. The Hall–Kier alpha value is -15.3. The lowest BCUT2D eigenvalue weighted by molar-refractivity contribution is 0.953. The molecule has 9 aromatic heterocycles. The molecule has 0 saturated heterocycles. The molecule has 0 aliphatic rings. The highest BCUT2D eigenvalue weighted by atomic mass is 32.1. The van der Waals surface area contributed by atoms with Crippen molar-refractivity contribution in [3.05, 3.63) is 410 Å². The summed E-state index contributed by atoms with van der Waals surface area (Å²) in [6.07, 6.45) is 0. The highest BCUT2D eigenvalue weighted by molar-refractivity contribution is 7.19. The van der Waals surface area contributed by atoms with Gasteiger partial charge < -0.3 is 0 Å². The molecule has 9 heterocycles. The lowest BCUT2D eigenvalue weighted by atomic mass is 10.0. The van der Waals surface area contributed by atoms with Gasteiger partial charge >= 0.3 is 0 Å². The van der Waals surface area contributed by atoms with Crippen LogP contribution in [0.25, 0.3) is 215 Å². The van der Waals surface area contributed by atoms with Crippen LogP contribution >= 0.6 is 34.0 Å². The molecule has 0 aliphatic heterocycles. The minimum absolute atomic E-state index is 0.609. The van der Waals surface area contributed by atoms with Gasteiger partial charge in [0, 0.05) is 85.9 Å². The average molecular weight is 1590 g/mol. The zero-order valence-electron chi connectivity index (χ0n) is 64.5. The van der Waals surface area contributed by atoms with Crippen molar-refractivity contribution in [2.45, 2.75) is 0 Å². The van der Waals surface area contributed by atoms with Crippen LogP contribution in [0.15, 0.2) is 410 Å². The van der Waals surface area contributed by atoms with Crippen LogP contribution in [-0.4, -0.2) is 48.6 Å². The zero-order chi connectivity index (χ0) is 79.4.